The third-order valence-corrected chi connectivity index (χ3v) is 5.33. The molecule has 2 unspecified atom stereocenters. The molecule has 0 fully saturated rings. The van der Waals surface area contributed by atoms with Crippen molar-refractivity contribution in [3.63, 3.8) is 0 Å². The van der Waals surface area contributed by atoms with Crippen molar-refractivity contribution in [3.05, 3.63) is 101 Å². The number of hydroxylamine groups is 1. The fourth-order valence-electron chi connectivity index (χ4n) is 3.36. The predicted molar refractivity (Wildman–Crippen MR) is 138 cm³/mol. The van der Waals surface area contributed by atoms with Gasteiger partial charge in [0.05, 0.1) is 12.6 Å². The molecule has 0 aliphatic heterocycles. The van der Waals surface area contributed by atoms with E-state index in [9.17, 15) is 23.9 Å². The number of amides is 3. The lowest BCUT2D eigenvalue weighted by Gasteiger charge is -2.19. The SMILES string of the molecule is CC(O)C(NC(=O)c1ccc(C#Cc2ccc(NC(=O)CNCc3cccc(F)c3)cc2)cc1)C(=O)NO. The Morgan fingerprint density at radius 2 is 1.58 bits per heavy atom. The molecule has 9 nitrogen and oxygen atoms in total. The zero-order valence-corrected chi connectivity index (χ0v) is 20.5. The Hall–Kier alpha value is -4.56. The third-order valence-electron chi connectivity index (χ3n) is 5.33. The topological polar surface area (TPSA) is 140 Å². The molecule has 10 heteroatoms. The second-order valence-corrected chi connectivity index (χ2v) is 8.35. The average molecular weight is 519 g/mol. The molecule has 3 aromatic carbocycles. The van der Waals surface area contributed by atoms with E-state index in [1.807, 2.05) is 0 Å². The minimum absolute atomic E-state index is 0.0698. The second kappa shape index (κ2) is 13.7. The second-order valence-electron chi connectivity index (χ2n) is 8.35. The van der Waals surface area contributed by atoms with Crippen LogP contribution in [0, 0.1) is 17.7 Å². The molecule has 0 aliphatic carbocycles. The van der Waals surface area contributed by atoms with Crippen LogP contribution in [-0.2, 0) is 16.1 Å². The highest BCUT2D eigenvalue weighted by Crippen LogP contribution is 2.10. The first kappa shape index (κ1) is 28.0. The summed E-state index contributed by atoms with van der Waals surface area (Å²) in [6.07, 6.45) is -1.21. The standard InChI is InChI=1S/C28H27FN4O5/c1-18(34)26(28(37)33-38)32-27(36)22-11-7-19(8-12-22)5-6-20-9-13-24(14-10-20)31-25(35)17-30-16-21-3-2-4-23(29)15-21/h2-4,7-15,18,26,30,34,38H,16-17H2,1H3,(H,31,35)(H,32,36)(H,33,37). The average Bonchev–Trinajstić information content (AvgIpc) is 2.91. The van der Waals surface area contributed by atoms with E-state index in [1.165, 1.54) is 36.7 Å². The molecule has 3 aromatic rings. The van der Waals surface area contributed by atoms with Crippen LogP contribution in [0.25, 0.3) is 0 Å². The number of anilines is 1. The third kappa shape index (κ3) is 8.53. The first-order chi connectivity index (χ1) is 18.2. The first-order valence-electron chi connectivity index (χ1n) is 11.6. The molecule has 196 valence electrons. The highest BCUT2D eigenvalue weighted by molar-refractivity contribution is 5.97. The van der Waals surface area contributed by atoms with Gasteiger partial charge < -0.3 is 21.1 Å². The van der Waals surface area contributed by atoms with Gasteiger partial charge in [0, 0.05) is 28.9 Å². The number of carbonyl (C=O) groups excluding carboxylic acids is 3. The summed E-state index contributed by atoms with van der Waals surface area (Å²) in [4.78, 5) is 36.1. The van der Waals surface area contributed by atoms with Gasteiger partial charge in [-0.3, -0.25) is 19.6 Å². The minimum atomic E-state index is -1.31. The fraction of sp³-hybridized carbons (Fsp3) is 0.179. The van der Waals surface area contributed by atoms with Gasteiger partial charge >= 0.3 is 0 Å². The van der Waals surface area contributed by atoms with Crippen LogP contribution in [0.1, 0.15) is 34.0 Å². The number of aliphatic hydroxyl groups is 1. The minimum Gasteiger partial charge on any atom is -0.391 e. The molecule has 0 heterocycles. The maximum absolute atomic E-state index is 13.2. The number of aliphatic hydroxyl groups excluding tert-OH is 1. The van der Waals surface area contributed by atoms with Crippen molar-refractivity contribution in [2.75, 3.05) is 11.9 Å². The quantitative estimate of drug-likeness (QED) is 0.145. The molecule has 3 rings (SSSR count). The number of carbonyl (C=O) groups is 3. The normalized spacial score (nSPS) is 11.9. The van der Waals surface area contributed by atoms with Gasteiger partial charge in [-0.15, -0.1) is 0 Å². The molecule has 0 aromatic heterocycles. The number of rotatable bonds is 9. The van der Waals surface area contributed by atoms with E-state index >= 15 is 0 Å². The van der Waals surface area contributed by atoms with E-state index in [0.29, 0.717) is 23.4 Å². The highest BCUT2D eigenvalue weighted by Gasteiger charge is 2.25. The summed E-state index contributed by atoms with van der Waals surface area (Å²) in [7, 11) is 0. The Morgan fingerprint density at radius 3 is 2.16 bits per heavy atom. The molecule has 2 atom stereocenters. The Bertz CT molecular complexity index is 1330. The van der Waals surface area contributed by atoms with Crippen LogP contribution in [0.4, 0.5) is 10.1 Å². The lowest BCUT2D eigenvalue weighted by Crippen LogP contribution is -2.51. The molecular weight excluding hydrogens is 491 g/mol. The van der Waals surface area contributed by atoms with Gasteiger partial charge in [0.1, 0.15) is 11.9 Å². The van der Waals surface area contributed by atoms with E-state index in [2.05, 4.69) is 27.8 Å². The van der Waals surface area contributed by atoms with Crippen LogP contribution >= 0.6 is 0 Å². The summed E-state index contributed by atoms with van der Waals surface area (Å²) in [5, 5.41) is 26.5. The zero-order valence-electron chi connectivity index (χ0n) is 20.5. The Kier molecular flexibility index (Phi) is 10.1. The maximum atomic E-state index is 13.2. The largest absolute Gasteiger partial charge is 0.391 e. The summed E-state index contributed by atoms with van der Waals surface area (Å²) < 4.78 is 13.2. The van der Waals surface area contributed by atoms with Gasteiger partial charge in [0.15, 0.2) is 0 Å². The Labute approximate surface area is 219 Å². The Morgan fingerprint density at radius 1 is 0.947 bits per heavy atom. The number of hydrogen-bond donors (Lipinski definition) is 6. The van der Waals surface area contributed by atoms with Crippen LogP contribution in [0.2, 0.25) is 0 Å². The smallest absolute Gasteiger partial charge is 0.268 e. The van der Waals surface area contributed by atoms with E-state index in [4.69, 9.17) is 5.21 Å². The van der Waals surface area contributed by atoms with Gasteiger partial charge in [0.2, 0.25) is 5.91 Å². The lowest BCUT2D eigenvalue weighted by atomic mass is 10.1. The highest BCUT2D eigenvalue weighted by atomic mass is 19.1. The summed E-state index contributed by atoms with van der Waals surface area (Å²) in [6.45, 7) is 1.75. The van der Waals surface area contributed by atoms with Crippen LogP contribution in [0.15, 0.2) is 72.8 Å². The number of hydrogen-bond acceptors (Lipinski definition) is 6. The van der Waals surface area contributed by atoms with Gasteiger partial charge in [-0.2, -0.15) is 0 Å². The first-order valence-corrected chi connectivity index (χ1v) is 11.6. The maximum Gasteiger partial charge on any atom is 0.268 e. The lowest BCUT2D eigenvalue weighted by molar-refractivity contribution is -0.133. The summed E-state index contributed by atoms with van der Waals surface area (Å²) in [6, 6.07) is 18.1. The monoisotopic (exact) mass is 518 g/mol. The van der Waals surface area contributed by atoms with E-state index < -0.39 is 24.0 Å². The molecular formula is C28H27FN4O5. The van der Waals surface area contributed by atoms with Crippen molar-refractivity contribution in [1.82, 2.24) is 16.1 Å². The molecule has 0 aliphatic rings. The van der Waals surface area contributed by atoms with Crippen molar-refractivity contribution < 1.29 is 29.1 Å². The predicted octanol–water partition coefficient (Wildman–Crippen LogP) is 1.94. The molecule has 0 saturated carbocycles. The molecule has 0 bridgehead atoms. The fourth-order valence-corrected chi connectivity index (χ4v) is 3.36. The van der Waals surface area contributed by atoms with E-state index in [0.717, 1.165) is 5.56 Å². The van der Waals surface area contributed by atoms with Gasteiger partial charge in [-0.25, -0.2) is 9.87 Å². The van der Waals surface area contributed by atoms with Crippen molar-refractivity contribution in [2.24, 2.45) is 0 Å². The molecule has 3 amide bonds. The van der Waals surface area contributed by atoms with Gasteiger partial charge in [-0.1, -0.05) is 24.0 Å². The van der Waals surface area contributed by atoms with Crippen molar-refractivity contribution in [2.45, 2.75) is 25.6 Å². The number of halogens is 1. The van der Waals surface area contributed by atoms with Crippen molar-refractivity contribution in [1.29, 1.82) is 0 Å². The number of benzene rings is 3. The Balaban J connectivity index is 1.50. The number of nitrogens with one attached hydrogen (secondary N) is 4. The molecule has 0 spiro atoms. The van der Waals surface area contributed by atoms with Gasteiger partial charge in [0.25, 0.3) is 11.8 Å². The molecule has 0 saturated heterocycles. The molecule has 38 heavy (non-hydrogen) atoms. The summed E-state index contributed by atoms with van der Waals surface area (Å²) in [5.41, 5.74) is 4.36. The van der Waals surface area contributed by atoms with E-state index in [1.54, 1.807) is 48.5 Å². The van der Waals surface area contributed by atoms with Crippen LogP contribution in [0.3, 0.4) is 0 Å². The van der Waals surface area contributed by atoms with E-state index in [-0.39, 0.29) is 23.8 Å². The zero-order chi connectivity index (χ0) is 27.5. The molecule has 0 radical (unpaired) electrons. The molecule has 6 N–H and O–H groups in total. The van der Waals surface area contributed by atoms with Crippen LogP contribution in [0.5, 0.6) is 0 Å². The van der Waals surface area contributed by atoms with Crippen LogP contribution < -0.4 is 21.4 Å². The summed E-state index contributed by atoms with van der Waals surface area (Å²) >= 11 is 0. The van der Waals surface area contributed by atoms with Crippen molar-refractivity contribution in [3.8, 4) is 11.8 Å². The van der Waals surface area contributed by atoms with Gasteiger partial charge in [-0.05, 0) is 73.2 Å². The van der Waals surface area contributed by atoms with Crippen molar-refractivity contribution >= 4 is 23.4 Å². The summed E-state index contributed by atoms with van der Waals surface area (Å²) in [5.74, 6) is 3.89. The van der Waals surface area contributed by atoms with Crippen LogP contribution in [-0.4, -0.2) is 46.7 Å².